The van der Waals surface area contributed by atoms with Crippen molar-refractivity contribution in [3.8, 4) is 6.07 Å². The van der Waals surface area contributed by atoms with Gasteiger partial charge in [-0.15, -0.1) is 0 Å². The predicted molar refractivity (Wildman–Crippen MR) is 79.3 cm³/mol. The van der Waals surface area contributed by atoms with Crippen LogP contribution in [0.3, 0.4) is 0 Å². The minimum Gasteiger partial charge on any atom is -0.375 e. The maximum absolute atomic E-state index is 12.3. The molecule has 1 unspecified atom stereocenters. The van der Waals surface area contributed by atoms with Crippen LogP contribution in [-0.2, 0) is 4.79 Å². The standard InChI is InChI=1S/C16H21N3O/c1-2-14-8-5-6-10-19(14)16(20)12-18-15-9-4-3-7-13(15)11-17/h3-4,7,9,14,18H,2,5-6,8,10,12H2,1H3. The number of nitriles is 1. The number of carbonyl (C=O) groups excluding carboxylic acids is 1. The van der Waals surface area contributed by atoms with Gasteiger partial charge in [-0.25, -0.2) is 0 Å². The van der Waals surface area contributed by atoms with Gasteiger partial charge in [0.1, 0.15) is 6.07 Å². The largest absolute Gasteiger partial charge is 0.375 e. The molecule has 1 aliphatic rings. The number of benzene rings is 1. The Morgan fingerprint density at radius 3 is 3.00 bits per heavy atom. The number of carbonyl (C=O) groups is 1. The van der Waals surface area contributed by atoms with E-state index in [0.717, 1.165) is 31.5 Å². The molecule has 0 aliphatic carbocycles. The molecule has 0 bridgehead atoms. The zero-order valence-electron chi connectivity index (χ0n) is 11.9. The number of anilines is 1. The summed E-state index contributed by atoms with van der Waals surface area (Å²) in [6, 6.07) is 9.78. The Hall–Kier alpha value is -2.02. The fourth-order valence-corrected chi connectivity index (χ4v) is 2.76. The maximum Gasteiger partial charge on any atom is 0.242 e. The van der Waals surface area contributed by atoms with E-state index >= 15 is 0 Å². The van der Waals surface area contributed by atoms with Gasteiger partial charge in [-0.3, -0.25) is 4.79 Å². The first-order chi connectivity index (χ1) is 9.76. The summed E-state index contributed by atoms with van der Waals surface area (Å²) in [5.41, 5.74) is 1.30. The van der Waals surface area contributed by atoms with E-state index in [4.69, 9.17) is 5.26 Å². The highest BCUT2D eigenvalue weighted by molar-refractivity contribution is 5.81. The highest BCUT2D eigenvalue weighted by Crippen LogP contribution is 2.20. The first-order valence-electron chi connectivity index (χ1n) is 7.28. The number of rotatable bonds is 4. The SMILES string of the molecule is CCC1CCCCN1C(=O)CNc1ccccc1C#N. The van der Waals surface area contributed by atoms with Crippen LogP contribution < -0.4 is 5.32 Å². The molecule has 0 saturated carbocycles. The van der Waals surface area contributed by atoms with E-state index in [1.165, 1.54) is 6.42 Å². The summed E-state index contributed by atoms with van der Waals surface area (Å²) in [6.45, 7) is 3.25. The lowest BCUT2D eigenvalue weighted by atomic mass is 10.00. The van der Waals surface area contributed by atoms with Gasteiger partial charge in [-0.2, -0.15) is 5.26 Å². The second-order valence-corrected chi connectivity index (χ2v) is 5.16. The van der Waals surface area contributed by atoms with Gasteiger partial charge in [0.25, 0.3) is 0 Å². The molecule has 1 aromatic carbocycles. The molecule has 1 aliphatic heterocycles. The molecule has 4 heteroatoms. The fraction of sp³-hybridized carbons (Fsp3) is 0.500. The average molecular weight is 271 g/mol. The number of amides is 1. The second kappa shape index (κ2) is 6.95. The van der Waals surface area contributed by atoms with Crippen molar-refractivity contribution >= 4 is 11.6 Å². The van der Waals surface area contributed by atoms with Gasteiger partial charge >= 0.3 is 0 Å². The zero-order valence-corrected chi connectivity index (χ0v) is 11.9. The van der Waals surface area contributed by atoms with Crippen LogP contribution in [0.5, 0.6) is 0 Å². The van der Waals surface area contributed by atoms with Crippen LogP contribution in [0.15, 0.2) is 24.3 Å². The molecule has 1 saturated heterocycles. The Morgan fingerprint density at radius 2 is 2.25 bits per heavy atom. The van der Waals surface area contributed by atoms with E-state index in [-0.39, 0.29) is 12.5 Å². The van der Waals surface area contributed by atoms with Crippen LogP contribution in [0.2, 0.25) is 0 Å². The number of nitrogens with zero attached hydrogens (tertiary/aromatic N) is 2. The van der Waals surface area contributed by atoms with Crippen molar-refractivity contribution < 1.29 is 4.79 Å². The lowest BCUT2D eigenvalue weighted by molar-refractivity contribution is -0.133. The molecule has 2 rings (SSSR count). The van der Waals surface area contributed by atoms with Crippen LogP contribution in [0.4, 0.5) is 5.69 Å². The molecule has 0 spiro atoms. The molecule has 20 heavy (non-hydrogen) atoms. The summed E-state index contributed by atoms with van der Waals surface area (Å²) in [7, 11) is 0. The third-order valence-corrected chi connectivity index (χ3v) is 3.90. The second-order valence-electron chi connectivity index (χ2n) is 5.16. The quantitative estimate of drug-likeness (QED) is 0.916. The monoisotopic (exact) mass is 271 g/mol. The van der Waals surface area contributed by atoms with Crippen molar-refractivity contribution in [1.29, 1.82) is 5.26 Å². The first kappa shape index (κ1) is 14.4. The molecule has 1 aromatic rings. The minimum atomic E-state index is 0.129. The van der Waals surface area contributed by atoms with E-state index in [1.54, 1.807) is 6.07 Å². The summed E-state index contributed by atoms with van der Waals surface area (Å²) in [5, 5.41) is 12.1. The lowest BCUT2D eigenvalue weighted by Crippen LogP contribution is -2.45. The number of likely N-dealkylation sites (tertiary alicyclic amines) is 1. The average Bonchev–Trinajstić information content (AvgIpc) is 2.52. The molecular formula is C16H21N3O. The van der Waals surface area contributed by atoms with Gasteiger partial charge < -0.3 is 10.2 Å². The van der Waals surface area contributed by atoms with Crippen molar-refractivity contribution in [2.75, 3.05) is 18.4 Å². The molecule has 1 atom stereocenters. The Labute approximate surface area is 120 Å². The van der Waals surface area contributed by atoms with Crippen molar-refractivity contribution in [2.45, 2.75) is 38.6 Å². The summed E-state index contributed by atoms with van der Waals surface area (Å²) in [6.07, 6.45) is 4.43. The number of hydrogen-bond donors (Lipinski definition) is 1. The minimum absolute atomic E-state index is 0.129. The van der Waals surface area contributed by atoms with Crippen LogP contribution in [0.1, 0.15) is 38.2 Å². The summed E-state index contributed by atoms with van der Waals surface area (Å²) in [4.78, 5) is 14.3. The van der Waals surface area contributed by atoms with Gasteiger partial charge in [0.2, 0.25) is 5.91 Å². The van der Waals surface area contributed by atoms with E-state index in [1.807, 2.05) is 23.1 Å². The van der Waals surface area contributed by atoms with Crippen molar-refractivity contribution in [2.24, 2.45) is 0 Å². The maximum atomic E-state index is 12.3. The van der Waals surface area contributed by atoms with E-state index < -0.39 is 0 Å². The third kappa shape index (κ3) is 3.30. The molecule has 0 aromatic heterocycles. The van der Waals surface area contributed by atoms with E-state index in [9.17, 15) is 4.79 Å². The Balaban J connectivity index is 1.96. The summed E-state index contributed by atoms with van der Waals surface area (Å²) in [5.74, 6) is 0.129. The number of piperidine rings is 1. The molecule has 1 heterocycles. The molecular weight excluding hydrogens is 250 g/mol. The topological polar surface area (TPSA) is 56.1 Å². The van der Waals surface area contributed by atoms with Crippen LogP contribution in [-0.4, -0.2) is 29.9 Å². The summed E-state index contributed by atoms with van der Waals surface area (Å²) >= 11 is 0. The smallest absolute Gasteiger partial charge is 0.242 e. The Kier molecular flexibility index (Phi) is 5.00. The first-order valence-corrected chi connectivity index (χ1v) is 7.28. The molecule has 1 N–H and O–H groups in total. The van der Waals surface area contributed by atoms with E-state index in [0.29, 0.717) is 11.6 Å². The van der Waals surface area contributed by atoms with Crippen molar-refractivity contribution in [3.63, 3.8) is 0 Å². The van der Waals surface area contributed by atoms with Gasteiger partial charge in [-0.05, 0) is 37.8 Å². The highest BCUT2D eigenvalue weighted by atomic mass is 16.2. The molecule has 1 amide bonds. The van der Waals surface area contributed by atoms with Gasteiger partial charge in [0.15, 0.2) is 0 Å². The molecule has 106 valence electrons. The number of para-hydroxylation sites is 1. The molecule has 4 nitrogen and oxygen atoms in total. The molecule has 0 radical (unpaired) electrons. The van der Waals surface area contributed by atoms with E-state index in [2.05, 4.69) is 18.3 Å². The zero-order chi connectivity index (χ0) is 14.4. The lowest BCUT2D eigenvalue weighted by Gasteiger charge is -2.35. The van der Waals surface area contributed by atoms with Crippen molar-refractivity contribution in [1.82, 2.24) is 4.90 Å². The summed E-state index contributed by atoms with van der Waals surface area (Å²) < 4.78 is 0. The number of hydrogen-bond acceptors (Lipinski definition) is 3. The van der Waals surface area contributed by atoms with Crippen LogP contribution in [0, 0.1) is 11.3 Å². The van der Waals surface area contributed by atoms with Crippen molar-refractivity contribution in [3.05, 3.63) is 29.8 Å². The number of nitrogens with one attached hydrogen (secondary N) is 1. The van der Waals surface area contributed by atoms with Crippen LogP contribution in [0.25, 0.3) is 0 Å². The fourth-order valence-electron chi connectivity index (χ4n) is 2.76. The highest BCUT2D eigenvalue weighted by Gasteiger charge is 2.24. The predicted octanol–water partition coefficient (Wildman–Crippen LogP) is 2.76. The van der Waals surface area contributed by atoms with Gasteiger partial charge in [-0.1, -0.05) is 19.1 Å². The van der Waals surface area contributed by atoms with Gasteiger partial charge in [0, 0.05) is 12.6 Å². The van der Waals surface area contributed by atoms with Gasteiger partial charge in [0.05, 0.1) is 17.8 Å². The Bertz CT molecular complexity index is 507. The van der Waals surface area contributed by atoms with Crippen LogP contribution >= 0.6 is 0 Å². The Morgan fingerprint density at radius 1 is 1.45 bits per heavy atom. The normalized spacial score (nSPS) is 18.4. The third-order valence-electron chi connectivity index (χ3n) is 3.90. The molecule has 1 fully saturated rings.